The predicted molar refractivity (Wildman–Crippen MR) is 111 cm³/mol. The number of nitrogens with one attached hydrogen (secondary N) is 2. The summed E-state index contributed by atoms with van der Waals surface area (Å²) in [6, 6.07) is 11.8. The zero-order valence-electron chi connectivity index (χ0n) is 15.1. The van der Waals surface area contributed by atoms with E-state index in [2.05, 4.69) is 16.7 Å². The second kappa shape index (κ2) is 9.45. The maximum absolute atomic E-state index is 12.1. The molecule has 0 radical (unpaired) electrons. The molecule has 0 unspecified atom stereocenters. The minimum atomic E-state index is -0.00677. The molecule has 0 saturated heterocycles. The zero-order chi connectivity index (χ0) is 18.4. The van der Waals surface area contributed by atoms with Crippen molar-refractivity contribution in [1.29, 1.82) is 0 Å². The fourth-order valence-electron chi connectivity index (χ4n) is 3.12. The highest BCUT2D eigenvalue weighted by molar-refractivity contribution is 7.99. The Bertz CT molecular complexity index is 761. The average Bonchev–Trinajstić information content (AvgIpc) is 2.89. The van der Waals surface area contributed by atoms with Crippen LogP contribution in [0.2, 0.25) is 5.02 Å². The van der Waals surface area contributed by atoms with Crippen LogP contribution in [0.15, 0.2) is 41.3 Å². The molecule has 0 atom stereocenters. The molecular weight excluding hydrogens is 364 g/mol. The van der Waals surface area contributed by atoms with Gasteiger partial charge in [0.25, 0.3) is 5.91 Å². The molecule has 138 valence electrons. The third-order valence-electron chi connectivity index (χ3n) is 4.60. The second-order valence-electron chi connectivity index (χ2n) is 6.59. The molecular formula is C21H25ClN2OS. The molecule has 0 fully saturated rings. The highest BCUT2D eigenvalue weighted by atomic mass is 35.5. The third kappa shape index (κ3) is 5.03. The van der Waals surface area contributed by atoms with Crippen molar-refractivity contribution < 1.29 is 4.79 Å². The lowest BCUT2D eigenvalue weighted by molar-refractivity contribution is 0.0954. The molecule has 3 nitrogen and oxygen atoms in total. The molecule has 0 aromatic heterocycles. The van der Waals surface area contributed by atoms with Crippen LogP contribution in [0.5, 0.6) is 0 Å². The minimum absolute atomic E-state index is 0.00677. The van der Waals surface area contributed by atoms with Gasteiger partial charge in [0.05, 0.1) is 5.02 Å². The van der Waals surface area contributed by atoms with E-state index in [-0.39, 0.29) is 5.91 Å². The molecule has 1 heterocycles. The molecule has 0 saturated carbocycles. The Labute approximate surface area is 164 Å². The van der Waals surface area contributed by atoms with Gasteiger partial charge in [-0.2, -0.15) is 0 Å². The molecule has 5 heteroatoms. The molecule has 2 N–H and O–H groups in total. The van der Waals surface area contributed by atoms with E-state index in [1.165, 1.54) is 16.0 Å². The van der Waals surface area contributed by atoms with Crippen LogP contribution >= 0.6 is 23.4 Å². The summed E-state index contributed by atoms with van der Waals surface area (Å²) in [5.41, 5.74) is 4.69. The van der Waals surface area contributed by atoms with E-state index in [0.29, 0.717) is 12.1 Å². The first-order valence-corrected chi connectivity index (χ1v) is 10.5. The van der Waals surface area contributed by atoms with Gasteiger partial charge >= 0.3 is 0 Å². The van der Waals surface area contributed by atoms with Gasteiger partial charge in [-0.05, 0) is 74.4 Å². The molecule has 1 amide bonds. The number of hydrogen-bond donors (Lipinski definition) is 2. The summed E-state index contributed by atoms with van der Waals surface area (Å²) in [5.74, 6) is 0.935. The van der Waals surface area contributed by atoms with Crippen LogP contribution in [-0.2, 0) is 12.8 Å². The number of aryl methyl sites for hydroxylation is 1. The van der Waals surface area contributed by atoms with Crippen LogP contribution in [0.25, 0.3) is 0 Å². The number of hydrogen-bond acceptors (Lipinski definition) is 3. The van der Waals surface area contributed by atoms with Gasteiger partial charge < -0.3 is 10.6 Å². The van der Waals surface area contributed by atoms with E-state index >= 15 is 0 Å². The largest absolute Gasteiger partial charge is 0.352 e. The molecule has 3 rings (SSSR count). The van der Waals surface area contributed by atoms with Crippen molar-refractivity contribution in [2.24, 2.45) is 0 Å². The number of fused-ring (bicyclic) bond motifs is 1. The van der Waals surface area contributed by atoms with Gasteiger partial charge in [-0.25, -0.2) is 0 Å². The van der Waals surface area contributed by atoms with Gasteiger partial charge in [-0.1, -0.05) is 35.4 Å². The van der Waals surface area contributed by atoms with Gasteiger partial charge in [-0.15, -0.1) is 11.8 Å². The number of rotatable bonds is 6. The standard InChI is InChI=1S/C21H25ClN2OS/c1-15-3-5-17(6-4-15)21(25)24-11-2-14-26-20-18-10-13-23-12-9-16(18)7-8-19(20)22/h3-8,23H,2,9-14H2,1H3,(H,24,25). The first-order chi connectivity index (χ1) is 12.6. The number of carbonyl (C=O) groups is 1. The van der Waals surface area contributed by atoms with E-state index in [1.54, 1.807) is 0 Å². The summed E-state index contributed by atoms with van der Waals surface area (Å²) < 4.78 is 0. The Balaban J connectivity index is 1.49. The number of halogens is 1. The molecule has 26 heavy (non-hydrogen) atoms. The Hall–Kier alpha value is -1.49. The van der Waals surface area contributed by atoms with Crippen LogP contribution in [-0.4, -0.2) is 31.3 Å². The van der Waals surface area contributed by atoms with Crippen LogP contribution < -0.4 is 10.6 Å². The fourth-order valence-corrected chi connectivity index (χ4v) is 4.57. The van der Waals surface area contributed by atoms with Gasteiger partial charge in [-0.3, -0.25) is 4.79 Å². The van der Waals surface area contributed by atoms with Crippen molar-refractivity contribution in [3.63, 3.8) is 0 Å². The van der Waals surface area contributed by atoms with Crippen LogP contribution in [0, 0.1) is 6.92 Å². The summed E-state index contributed by atoms with van der Waals surface area (Å²) in [6.45, 7) is 4.73. The third-order valence-corrected chi connectivity index (χ3v) is 6.27. The summed E-state index contributed by atoms with van der Waals surface area (Å²) in [7, 11) is 0. The maximum atomic E-state index is 12.1. The first kappa shape index (κ1) is 19.3. The van der Waals surface area contributed by atoms with E-state index < -0.39 is 0 Å². The van der Waals surface area contributed by atoms with Crippen LogP contribution in [0.3, 0.4) is 0 Å². The second-order valence-corrected chi connectivity index (χ2v) is 8.10. The lowest BCUT2D eigenvalue weighted by Gasteiger charge is -2.14. The summed E-state index contributed by atoms with van der Waals surface area (Å²) in [4.78, 5) is 13.3. The molecule has 1 aliphatic rings. The van der Waals surface area contributed by atoms with Gasteiger partial charge in [0.2, 0.25) is 0 Å². The number of thioether (sulfide) groups is 1. The maximum Gasteiger partial charge on any atom is 0.251 e. The highest BCUT2D eigenvalue weighted by Gasteiger charge is 2.15. The lowest BCUT2D eigenvalue weighted by atomic mass is 10.0. The van der Waals surface area contributed by atoms with Gasteiger partial charge in [0.15, 0.2) is 0 Å². The molecule has 0 spiro atoms. The number of amides is 1. The Morgan fingerprint density at radius 2 is 1.92 bits per heavy atom. The number of carbonyl (C=O) groups excluding carboxylic acids is 1. The molecule has 2 aromatic carbocycles. The van der Waals surface area contributed by atoms with Crippen molar-refractivity contribution in [1.82, 2.24) is 10.6 Å². The smallest absolute Gasteiger partial charge is 0.251 e. The number of benzene rings is 2. The van der Waals surface area contributed by atoms with Crippen molar-refractivity contribution in [2.45, 2.75) is 31.1 Å². The minimum Gasteiger partial charge on any atom is -0.352 e. The van der Waals surface area contributed by atoms with Crippen molar-refractivity contribution in [2.75, 3.05) is 25.4 Å². The Kier molecular flexibility index (Phi) is 7.00. The van der Waals surface area contributed by atoms with E-state index in [0.717, 1.165) is 48.7 Å². The molecule has 0 aliphatic carbocycles. The van der Waals surface area contributed by atoms with E-state index in [1.807, 2.05) is 49.0 Å². The predicted octanol–water partition coefficient (Wildman–Crippen LogP) is 4.25. The van der Waals surface area contributed by atoms with Gasteiger partial charge in [0.1, 0.15) is 0 Å². The summed E-state index contributed by atoms with van der Waals surface area (Å²) >= 11 is 8.27. The topological polar surface area (TPSA) is 41.1 Å². The van der Waals surface area contributed by atoms with Crippen molar-refractivity contribution >= 4 is 29.3 Å². The highest BCUT2D eigenvalue weighted by Crippen LogP contribution is 2.34. The fraction of sp³-hybridized carbons (Fsp3) is 0.381. The molecule has 1 aliphatic heterocycles. The van der Waals surface area contributed by atoms with E-state index in [9.17, 15) is 4.79 Å². The lowest BCUT2D eigenvalue weighted by Crippen LogP contribution is -2.24. The normalized spacial score (nSPS) is 13.8. The Morgan fingerprint density at radius 3 is 2.73 bits per heavy atom. The summed E-state index contributed by atoms with van der Waals surface area (Å²) in [5, 5.41) is 7.29. The zero-order valence-corrected chi connectivity index (χ0v) is 16.7. The molecule has 0 bridgehead atoms. The summed E-state index contributed by atoms with van der Waals surface area (Å²) in [6.07, 6.45) is 3.01. The monoisotopic (exact) mass is 388 g/mol. The average molecular weight is 389 g/mol. The van der Waals surface area contributed by atoms with Crippen molar-refractivity contribution in [3.05, 3.63) is 63.7 Å². The quantitative estimate of drug-likeness (QED) is 0.574. The Morgan fingerprint density at radius 1 is 1.15 bits per heavy atom. The van der Waals surface area contributed by atoms with Crippen LogP contribution in [0.4, 0.5) is 0 Å². The SMILES string of the molecule is Cc1ccc(C(=O)NCCCSc2c(Cl)ccc3c2CCNCC3)cc1. The van der Waals surface area contributed by atoms with E-state index in [4.69, 9.17) is 11.6 Å². The van der Waals surface area contributed by atoms with Crippen molar-refractivity contribution in [3.8, 4) is 0 Å². The molecule has 2 aromatic rings. The first-order valence-electron chi connectivity index (χ1n) is 9.14. The van der Waals surface area contributed by atoms with Crippen LogP contribution in [0.1, 0.15) is 33.5 Å². The van der Waals surface area contributed by atoms with Gasteiger partial charge in [0, 0.05) is 17.0 Å².